The van der Waals surface area contributed by atoms with Crippen molar-refractivity contribution in [3.05, 3.63) is 66.6 Å². The third-order valence-electron chi connectivity index (χ3n) is 3.72. The standard InChI is InChI=1S/C19H21N5O3/c1-26-16-3-5-17(6-4-16)27-12-10-21-19(25)22-14-15-7-9-20-18(13-15)24-11-2-8-23-24/h2-9,11,13H,10,12,14H2,1H3,(H2,21,22,25). The molecule has 0 spiro atoms. The second-order valence-corrected chi connectivity index (χ2v) is 5.61. The van der Waals surface area contributed by atoms with E-state index in [1.165, 1.54) is 0 Å². The number of benzene rings is 1. The van der Waals surface area contributed by atoms with Gasteiger partial charge in [-0.25, -0.2) is 14.5 Å². The van der Waals surface area contributed by atoms with Gasteiger partial charge in [0.15, 0.2) is 5.82 Å². The maximum Gasteiger partial charge on any atom is 0.315 e. The number of amides is 2. The minimum atomic E-state index is -0.259. The number of rotatable bonds is 8. The Balaban J connectivity index is 1.38. The first-order valence-corrected chi connectivity index (χ1v) is 8.48. The zero-order valence-corrected chi connectivity index (χ0v) is 15.0. The van der Waals surface area contributed by atoms with Crippen molar-refractivity contribution in [2.24, 2.45) is 0 Å². The molecule has 0 unspecified atom stereocenters. The first kappa shape index (κ1) is 18.2. The van der Waals surface area contributed by atoms with E-state index >= 15 is 0 Å². The minimum Gasteiger partial charge on any atom is -0.497 e. The number of aromatic nitrogens is 3. The van der Waals surface area contributed by atoms with Crippen LogP contribution in [0.3, 0.4) is 0 Å². The molecule has 0 saturated heterocycles. The van der Waals surface area contributed by atoms with Gasteiger partial charge in [0, 0.05) is 25.1 Å². The van der Waals surface area contributed by atoms with E-state index in [0.717, 1.165) is 17.1 Å². The summed E-state index contributed by atoms with van der Waals surface area (Å²) in [5.74, 6) is 2.19. The highest BCUT2D eigenvalue weighted by Gasteiger charge is 2.03. The van der Waals surface area contributed by atoms with Gasteiger partial charge in [-0.2, -0.15) is 5.10 Å². The predicted octanol–water partition coefficient (Wildman–Crippen LogP) is 2.15. The van der Waals surface area contributed by atoms with Crippen LogP contribution in [-0.2, 0) is 6.54 Å². The van der Waals surface area contributed by atoms with E-state index in [4.69, 9.17) is 9.47 Å². The van der Waals surface area contributed by atoms with Crippen LogP contribution in [0.4, 0.5) is 4.79 Å². The van der Waals surface area contributed by atoms with Crippen molar-refractivity contribution in [2.75, 3.05) is 20.3 Å². The molecular formula is C19H21N5O3. The highest BCUT2D eigenvalue weighted by atomic mass is 16.5. The Labute approximate surface area is 157 Å². The molecule has 0 radical (unpaired) electrons. The highest BCUT2D eigenvalue weighted by Crippen LogP contribution is 2.16. The van der Waals surface area contributed by atoms with Crippen LogP contribution >= 0.6 is 0 Å². The number of nitrogens with one attached hydrogen (secondary N) is 2. The van der Waals surface area contributed by atoms with Crippen molar-refractivity contribution in [1.29, 1.82) is 0 Å². The first-order valence-electron chi connectivity index (χ1n) is 8.48. The first-order chi connectivity index (χ1) is 13.2. The molecule has 0 atom stereocenters. The Kier molecular flexibility index (Phi) is 6.24. The third-order valence-corrected chi connectivity index (χ3v) is 3.72. The molecule has 3 rings (SSSR count). The number of carbonyl (C=O) groups excluding carboxylic acids is 1. The fraction of sp³-hybridized carbons (Fsp3) is 0.211. The number of carbonyl (C=O) groups is 1. The van der Waals surface area contributed by atoms with Gasteiger partial charge in [-0.05, 0) is 48.0 Å². The molecule has 2 aromatic heterocycles. The number of nitrogens with zero attached hydrogens (tertiary/aromatic N) is 3. The summed E-state index contributed by atoms with van der Waals surface area (Å²) in [6.45, 7) is 1.16. The van der Waals surface area contributed by atoms with Crippen LogP contribution in [0, 0.1) is 0 Å². The number of ether oxygens (including phenoxy) is 2. The highest BCUT2D eigenvalue weighted by molar-refractivity contribution is 5.73. The SMILES string of the molecule is COc1ccc(OCCNC(=O)NCc2ccnc(-n3cccn3)c2)cc1. The van der Waals surface area contributed by atoms with Crippen LogP contribution in [0.2, 0.25) is 0 Å². The Bertz CT molecular complexity index is 850. The van der Waals surface area contributed by atoms with E-state index in [9.17, 15) is 4.79 Å². The van der Waals surface area contributed by atoms with Crippen molar-refractivity contribution in [2.45, 2.75) is 6.54 Å². The maximum atomic E-state index is 11.9. The molecule has 0 saturated carbocycles. The minimum absolute atomic E-state index is 0.259. The van der Waals surface area contributed by atoms with Crippen molar-refractivity contribution >= 4 is 6.03 Å². The fourth-order valence-corrected chi connectivity index (χ4v) is 2.35. The molecule has 0 aliphatic heterocycles. The Morgan fingerprint density at radius 3 is 2.67 bits per heavy atom. The summed E-state index contributed by atoms with van der Waals surface area (Å²) in [5, 5.41) is 9.70. The molecule has 8 heteroatoms. The lowest BCUT2D eigenvalue weighted by atomic mass is 10.2. The molecule has 0 bridgehead atoms. The third kappa shape index (κ3) is 5.46. The molecular weight excluding hydrogens is 346 g/mol. The molecule has 0 fully saturated rings. The van der Waals surface area contributed by atoms with Gasteiger partial charge in [0.05, 0.1) is 13.7 Å². The van der Waals surface area contributed by atoms with Crippen LogP contribution in [0.1, 0.15) is 5.56 Å². The molecule has 140 valence electrons. The Morgan fingerprint density at radius 1 is 1.11 bits per heavy atom. The van der Waals surface area contributed by atoms with Gasteiger partial charge >= 0.3 is 6.03 Å². The summed E-state index contributed by atoms with van der Waals surface area (Å²) in [5.41, 5.74) is 0.931. The zero-order valence-electron chi connectivity index (χ0n) is 15.0. The smallest absolute Gasteiger partial charge is 0.315 e. The number of urea groups is 1. The topological polar surface area (TPSA) is 90.3 Å². The summed E-state index contributed by atoms with van der Waals surface area (Å²) < 4.78 is 12.3. The number of methoxy groups -OCH3 is 1. The van der Waals surface area contributed by atoms with Gasteiger partial charge in [-0.3, -0.25) is 0 Å². The van der Waals surface area contributed by atoms with E-state index < -0.39 is 0 Å². The van der Waals surface area contributed by atoms with Crippen LogP contribution < -0.4 is 20.1 Å². The number of pyridine rings is 1. The molecule has 2 amide bonds. The molecule has 3 aromatic rings. The average molecular weight is 367 g/mol. The largest absolute Gasteiger partial charge is 0.497 e. The van der Waals surface area contributed by atoms with Crippen LogP contribution in [0.15, 0.2) is 61.1 Å². The quantitative estimate of drug-likeness (QED) is 0.596. The van der Waals surface area contributed by atoms with E-state index in [1.807, 2.05) is 48.7 Å². The Morgan fingerprint density at radius 2 is 1.93 bits per heavy atom. The van der Waals surface area contributed by atoms with E-state index in [-0.39, 0.29) is 6.03 Å². The fourth-order valence-electron chi connectivity index (χ4n) is 2.35. The molecule has 2 N–H and O–H groups in total. The van der Waals surface area contributed by atoms with Crippen molar-refractivity contribution in [3.8, 4) is 17.3 Å². The normalized spacial score (nSPS) is 10.3. The van der Waals surface area contributed by atoms with Gasteiger partial charge in [-0.15, -0.1) is 0 Å². The summed E-state index contributed by atoms with van der Waals surface area (Å²) >= 11 is 0. The summed E-state index contributed by atoms with van der Waals surface area (Å²) in [4.78, 5) is 16.2. The molecule has 8 nitrogen and oxygen atoms in total. The van der Waals surface area contributed by atoms with E-state index in [1.54, 1.807) is 24.2 Å². The molecule has 2 heterocycles. The van der Waals surface area contributed by atoms with Crippen molar-refractivity contribution in [3.63, 3.8) is 0 Å². The molecule has 0 aliphatic rings. The van der Waals surface area contributed by atoms with Gasteiger partial charge < -0.3 is 20.1 Å². The lowest BCUT2D eigenvalue weighted by molar-refractivity contribution is 0.236. The second-order valence-electron chi connectivity index (χ2n) is 5.61. The number of hydrogen-bond acceptors (Lipinski definition) is 5. The van der Waals surface area contributed by atoms with Crippen LogP contribution in [-0.4, -0.2) is 41.1 Å². The summed E-state index contributed by atoms with van der Waals surface area (Å²) in [6.07, 6.45) is 5.19. The number of hydrogen-bond donors (Lipinski definition) is 2. The van der Waals surface area contributed by atoms with Crippen LogP contribution in [0.25, 0.3) is 5.82 Å². The van der Waals surface area contributed by atoms with Gasteiger partial charge in [-0.1, -0.05) is 0 Å². The summed E-state index contributed by atoms with van der Waals surface area (Å²) in [6, 6.07) is 12.6. The lowest BCUT2D eigenvalue weighted by Crippen LogP contribution is -2.37. The van der Waals surface area contributed by atoms with Gasteiger partial charge in [0.1, 0.15) is 18.1 Å². The van der Waals surface area contributed by atoms with E-state index in [2.05, 4.69) is 20.7 Å². The van der Waals surface area contributed by atoms with Gasteiger partial charge in [0.25, 0.3) is 0 Å². The second kappa shape index (κ2) is 9.23. The lowest BCUT2D eigenvalue weighted by Gasteiger charge is -2.10. The van der Waals surface area contributed by atoms with Crippen molar-refractivity contribution in [1.82, 2.24) is 25.4 Å². The summed E-state index contributed by atoms with van der Waals surface area (Å²) in [7, 11) is 1.61. The van der Waals surface area contributed by atoms with Crippen molar-refractivity contribution < 1.29 is 14.3 Å². The van der Waals surface area contributed by atoms with Gasteiger partial charge in [0.2, 0.25) is 0 Å². The van der Waals surface area contributed by atoms with E-state index in [0.29, 0.717) is 25.5 Å². The van der Waals surface area contributed by atoms with Crippen LogP contribution in [0.5, 0.6) is 11.5 Å². The molecule has 1 aromatic carbocycles. The monoisotopic (exact) mass is 367 g/mol. The zero-order chi connectivity index (χ0) is 18.9. The predicted molar refractivity (Wildman–Crippen MR) is 100 cm³/mol. The molecule has 27 heavy (non-hydrogen) atoms. The average Bonchev–Trinajstić information content (AvgIpc) is 3.25. The molecule has 0 aliphatic carbocycles. The maximum absolute atomic E-state index is 11.9. The Hall–Kier alpha value is -3.55.